The summed E-state index contributed by atoms with van der Waals surface area (Å²) in [6, 6.07) is -0.640. The number of carbonyl (C=O) groups excluding carboxylic acids is 1. The molecule has 16 heavy (non-hydrogen) atoms. The molecule has 1 heterocycles. The van der Waals surface area contributed by atoms with Gasteiger partial charge in [-0.05, 0) is 0 Å². The van der Waals surface area contributed by atoms with E-state index in [9.17, 15) is 4.79 Å². The van der Waals surface area contributed by atoms with Crippen molar-refractivity contribution in [1.29, 1.82) is 0 Å². The van der Waals surface area contributed by atoms with Gasteiger partial charge in [-0.25, -0.2) is 0 Å². The van der Waals surface area contributed by atoms with Crippen LogP contribution in [0.15, 0.2) is 24.8 Å². The Kier molecular flexibility index (Phi) is 4.67. The Bertz CT molecular complexity index is 285. The van der Waals surface area contributed by atoms with E-state index in [0.29, 0.717) is 19.8 Å². The first-order chi connectivity index (χ1) is 7.64. The molecule has 90 valence electrons. The van der Waals surface area contributed by atoms with Gasteiger partial charge in [0.15, 0.2) is 0 Å². The van der Waals surface area contributed by atoms with Gasteiger partial charge in [-0.1, -0.05) is 31.7 Å². The quantitative estimate of drug-likeness (QED) is 0.448. The predicted molar refractivity (Wildman–Crippen MR) is 60.0 cm³/mol. The molecule has 0 bridgehead atoms. The van der Waals surface area contributed by atoms with E-state index in [1.54, 1.807) is 18.2 Å². The van der Waals surface area contributed by atoms with Gasteiger partial charge in [0, 0.05) is 12.0 Å². The monoisotopic (exact) mass is 226 g/mol. The van der Waals surface area contributed by atoms with Gasteiger partial charge in [-0.15, -0.1) is 0 Å². The van der Waals surface area contributed by atoms with Gasteiger partial charge in [-0.3, -0.25) is 4.79 Å². The molecule has 1 aliphatic heterocycles. The Labute approximate surface area is 95.1 Å². The van der Waals surface area contributed by atoms with Gasteiger partial charge in [0.2, 0.25) is 5.91 Å². The van der Waals surface area contributed by atoms with Crippen molar-refractivity contribution in [2.75, 3.05) is 19.8 Å². The summed E-state index contributed by atoms with van der Waals surface area (Å²) in [7, 11) is 0. The number of amides is 1. The number of nitrogens with one attached hydrogen (secondary N) is 2. The molecule has 0 radical (unpaired) electrons. The SMILES string of the molecule is C=C/C=C\CNC(=O)[C@@H](NO)C1(C)COC1. The fourth-order valence-electron chi connectivity index (χ4n) is 1.55. The standard InChI is InChI=1S/C11H18N2O3/c1-3-4-5-6-12-10(14)9(13-15)11(2)7-16-8-11/h3-5,9,13,15H,1,6-8H2,2H3,(H,12,14)/b5-4-/t9-/m1/s1. The second-order valence-electron chi connectivity index (χ2n) is 4.12. The maximum atomic E-state index is 11.7. The summed E-state index contributed by atoms with van der Waals surface area (Å²) < 4.78 is 5.06. The molecule has 1 fully saturated rings. The van der Waals surface area contributed by atoms with Crippen molar-refractivity contribution in [2.45, 2.75) is 13.0 Å². The number of hydrogen-bond donors (Lipinski definition) is 3. The lowest BCUT2D eigenvalue weighted by molar-refractivity contribution is -0.158. The lowest BCUT2D eigenvalue weighted by atomic mass is 9.80. The first-order valence-electron chi connectivity index (χ1n) is 5.16. The van der Waals surface area contributed by atoms with Crippen molar-refractivity contribution < 1.29 is 14.7 Å². The Morgan fingerprint density at radius 1 is 1.69 bits per heavy atom. The Balaban J connectivity index is 2.43. The lowest BCUT2D eigenvalue weighted by Crippen LogP contribution is -2.60. The summed E-state index contributed by atoms with van der Waals surface area (Å²) in [5.41, 5.74) is 1.72. The van der Waals surface area contributed by atoms with Crippen LogP contribution in [0.1, 0.15) is 6.92 Å². The number of rotatable bonds is 6. The molecular formula is C11H18N2O3. The molecule has 0 aromatic rings. The topological polar surface area (TPSA) is 70.6 Å². The summed E-state index contributed by atoms with van der Waals surface area (Å²) in [4.78, 5) is 11.7. The average Bonchev–Trinajstić information content (AvgIpc) is 2.23. The van der Waals surface area contributed by atoms with Crippen molar-refractivity contribution in [1.82, 2.24) is 10.8 Å². The smallest absolute Gasteiger partial charge is 0.240 e. The Morgan fingerprint density at radius 2 is 2.38 bits per heavy atom. The van der Waals surface area contributed by atoms with E-state index in [1.807, 2.05) is 12.4 Å². The molecule has 1 aliphatic rings. The zero-order chi connectivity index (χ0) is 12.0. The number of carbonyl (C=O) groups is 1. The molecule has 1 saturated heterocycles. The largest absolute Gasteiger partial charge is 0.380 e. The molecule has 5 heteroatoms. The van der Waals surface area contributed by atoms with Crippen molar-refractivity contribution in [3.63, 3.8) is 0 Å². The van der Waals surface area contributed by atoms with Gasteiger partial charge in [-0.2, -0.15) is 5.48 Å². The molecule has 0 aliphatic carbocycles. The second kappa shape index (κ2) is 5.79. The Hall–Kier alpha value is -1.17. The molecule has 0 unspecified atom stereocenters. The van der Waals surface area contributed by atoms with Crippen LogP contribution in [0.5, 0.6) is 0 Å². The highest BCUT2D eigenvalue weighted by Gasteiger charge is 2.45. The summed E-state index contributed by atoms with van der Waals surface area (Å²) in [6.07, 6.45) is 5.16. The normalized spacial score (nSPS) is 20.1. The molecule has 1 rings (SSSR count). The average molecular weight is 226 g/mol. The number of hydroxylamine groups is 1. The van der Waals surface area contributed by atoms with E-state index in [0.717, 1.165) is 0 Å². The second-order valence-corrected chi connectivity index (χ2v) is 4.12. The van der Waals surface area contributed by atoms with Crippen LogP contribution >= 0.6 is 0 Å². The molecule has 5 nitrogen and oxygen atoms in total. The lowest BCUT2D eigenvalue weighted by Gasteiger charge is -2.42. The molecule has 0 aromatic heterocycles. The van der Waals surface area contributed by atoms with E-state index in [-0.39, 0.29) is 11.3 Å². The summed E-state index contributed by atoms with van der Waals surface area (Å²) in [5, 5.41) is 11.7. The molecule has 1 atom stereocenters. The Morgan fingerprint density at radius 3 is 2.81 bits per heavy atom. The highest BCUT2D eigenvalue weighted by atomic mass is 16.5. The molecule has 0 saturated carbocycles. The van der Waals surface area contributed by atoms with Crippen LogP contribution in [0.25, 0.3) is 0 Å². The number of hydrogen-bond acceptors (Lipinski definition) is 4. The minimum Gasteiger partial charge on any atom is -0.380 e. The van der Waals surface area contributed by atoms with Crippen LogP contribution < -0.4 is 10.8 Å². The maximum Gasteiger partial charge on any atom is 0.240 e. The van der Waals surface area contributed by atoms with Crippen molar-refractivity contribution in [3.8, 4) is 0 Å². The highest BCUT2D eigenvalue weighted by molar-refractivity contribution is 5.82. The molecule has 3 N–H and O–H groups in total. The fourth-order valence-corrected chi connectivity index (χ4v) is 1.55. The van der Waals surface area contributed by atoms with Gasteiger partial charge < -0.3 is 15.3 Å². The first kappa shape index (κ1) is 12.9. The van der Waals surface area contributed by atoms with Crippen molar-refractivity contribution in [2.24, 2.45) is 5.41 Å². The third kappa shape index (κ3) is 2.91. The maximum absolute atomic E-state index is 11.7. The van der Waals surface area contributed by atoms with Crippen LogP contribution in [-0.4, -0.2) is 36.9 Å². The van der Waals surface area contributed by atoms with E-state index in [4.69, 9.17) is 9.94 Å². The minimum absolute atomic E-state index is 0.234. The zero-order valence-corrected chi connectivity index (χ0v) is 9.40. The molecule has 1 amide bonds. The molecular weight excluding hydrogens is 208 g/mol. The molecule has 0 spiro atoms. The van der Waals surface area contributed by atoms with E-state index < -0.39 is 6.04 Å². The van der Waals surface area contributed by atoms with Crippen LogP contribution in [0, 0.1) is 5.41 Å². The third-order valence-corrected chi connectivity index (χ3v) is 2.62. The van der Waals surface area contributed by atoms with Crippen molar-refractivity contribution in [3.05, 3.63) is 24.8 Å². The fraction of sp³-hybridized carbons (Fsp3) is 0.545. The van der Waals surface area contributed by atoms with E-state index in [2.05, 4.69) is 11.9 Å². The van der Waals surface area contributed by atoms with Gasteiger partial charge >= 0.3 is 0 Å². The van der Waals surface area contributed by atoms with Crippen LogP contribution in [-0.2, 0) is 9.53 Å². The van der Waals surface area contributed by atoms with Gasteiger partial charge in [0.05, 0.1) is 13.2 Å². The van der Waals surface area contributed by atoms with Crippen LogP contribution in [0.2, 0.25) is 0 Å². The minimum atomic E-state index is -0.640. The summed E-state index contributed by atoms with van der Waals surface area (Å²) in [5.74, 6) is -0.234. The first-order valence-corrected chi connectivity index (χ1v) is 5.16. The van der Waals surface area contributed by atoms with Crippen LogP contribution in [0.3, 0.4) is 0 Å². The van der Waals surface area contributed by atoms with Crippen LogP contribution in [0.4, 0.5) is 0 Å². The predicted octanol–water partition coefficient (Wildman–Crippen LogP) is 0.229. The number of allylic oxidation sites excluding steroid dienone is 2. The van der Waals surface area contributed by atoms with Gasteiger partial charge in [0.1, 0.15) is 6.04 Å². The summed E-state index contributed by atoms with van der Waals surface area (Å²) >= 11 is 0. The number of ether oxygens (including phenoxy) is 1. The highest BCUT2D eigenvalue weighted by Crippen LogP contribution is 2.30. The molecule has 0 aromatic carbocycles. The van der Waals surface area contributed by atoms with Gasteiger partial charge in [0.25, 0.3) is 0 Å². The summed E-state index contributed by atoms with van der Waals surface area (Å²) in [6.45, 7) is 6.78. The van der Waals surface area contributed by atoms with Crippen molar-refractivity contribution >= 4 is 5.91 Å². The third-order valence-electron chi connectivity index (χ3n) is 2.62. The zero-order valence-electron chi connectivity index (χ0n) is 9.40. The van der Waals surface area contributed by atoms with E-state index >= 15 is 0 Å². The van der Waals surface area contributed by atoms with E-state index in [1.165, 1.54) is 0 Å².